The topological polar surface area (TPSA) is 134 Å². The number of non-ortho nitro benzene ring substituents is 1. The van der Waals surface area contributed by atoms with Crippen LogP contribution in [-0.4, -0.2) is 32.5 Å². The summed E-state index contributed by atoms with van der Waals surface area (Å²) in [5.41, 5.74) is 1.02. The van der Waals surface area contributed by atoms with Crippen molar-refractivity contribution in [2.24, 2.45) is 0 Å². The van der Waals surface area contributed by atoms with Crippen LogP contribution in [0.5, 0.6) is 11.5 Å². The first kappa shape index (κ1) is 22.1. The Kier molecular flexibility index (Phi) is 6.13. The summed E-state index contributed by atoms with van der Waals surface area (Å²) in [6.07, 6.45) is 0. The van der Waals surface area contributed by atoms with Gasteiger partial charge in [-0.05, 0) is 54.1 Å². The normalized spacial score (nSPS) is 12.6. The molecule has 1 heterocycles. The summed E-state index contributed by atoms with van der Waals surface area (Å²) in [7, 11) is -3.89. The number of nitrogens with one attached hydrogen (secondary N) is 1. The van der Waals surface area contributed by atoms with Crippen LogP contribution in [0.3, 0.4) is 0 Å². The number of hydrogen-bond acceptors (Lipinski definition) is 8. The molecule has 0 bridgehead atoms. The molecule has 1 aliphatic rings. The molecule has 1 aliphatic heterocycles. The molecule has 0 atom stereocenters. The van der Waals surface area contributed by atoms with Gasteiger partial charge in [0.1, 0.15) is 19.8 Å². The Morgan fingerprint density at radius 1 is 0.970 bits per heavy atom. The molecule has 1 N–H and O–H groups in total. The number of carbonyl (C=O) groups is 1. The summed E-state index contributed by atoms with van der Waals surface area (Å²) in [5, 5.41) is 10.7. The minimum Gasteiger partial charge on any atom is -0.486 e. The maximum absolute atomic E-state index is 12.7. The molecule has 33 heavy (non-hydrogen) atoms. The minimum absolute atomic E-state index is 0.0123. The van der Waals surface area contributed by atoms with Gasteiger partial charge in [-0.25, -0.2) is 13.2 Å². The second kappa shape index (κ2) is 9.17. The third-order valence-electron chi connectivity index (χ3n) is 4.71. The van der Waals surface area contributed by atoms with E-state index in [-0.39, 0.29) is 28.4 Å². The fraction of sp³-hybridized carbons (Fsp3) is 0.136. The second-order valence-corrected chi connectivity index (χ2v) is 8.67. The standard InChI is InChI=1S/C22H18N2O8S/c25-22(32-14-15-1-7-18(8-2-15)24(26)27)16-3-5-17(6-4-16)23-33(28,29)19-9-10-20-21(13-19)31-12-11-30-20/h1-10,13,23H,11-12,14H2. The highest BCUT2D eigenvalue weighted by molar-refractivity contribution is 7.92. The van der Waals surface area contributed by atoms with Crippen LogP contribution >= 0.6 is 0 Å². The third-order valence-corrected chi connectivity index (χ3v) is 6.09. The third kappa shape index (κ3) is 5.21. The maximum Gasteiger partial charge on any atom is 0.338 e. The monoisotopic (exact) mass is 470 g/mol. The Bertz CT molecular complexity index is 1290. The Morgan fingerprint density at radius 3 is 2.30 bits per heavy atom. The van der Waals surface area contributed by atoms with Gasteiger partial charge in [0.2, 0.25) is 0 Å². The molecule has 0 spiro atoms. The number of ether oxygens (including phenoxy) is 3. The van der Waals surface area contributed by atoms with Crippen LogP contribution in [-0.2, 0) is 21.4 Å². The average Bonchev–Trinajstić information content (AvgIpc) is 2.82. The molecular weight excluding hydrogens is 452 g/mol. The van der Waals surface area contributed by atoms with Crippen molar-refractivity contribution in [3.05, 3.63) is 88.0 Å². The van der Waals surface area contributed by atoms with Gasteiger partial charge in [0.15, 0.2) is 11.5 Å². The van der Waals surface area contributed by atoms with Gasteiger partial charge in [-0.3, -0.25) is 14.8 Å². The van der Waals surface area contributed by atoms with Crippen LogP contribution in [0.25, 0.3) is 0 Å². The quantitative estimate of drug-likeness (QED) is 0.315. The molecular formula is C22H18N2O8S. The van der Waals surface area contributed by atoms with E-state index >= 15 is 0 Å². The molecule has 0 amide bonds. The van der Waals surface area contributed by atoms with E-state index in [0.717, 1.165) is 0 Å². The Balaban J connectivity index is 1.38. The van der Waals surface area contributed by atoms with Gasteiger partial charge in [-0.1, -0.05) is 0 Å². The van der Waals surface area contributed by atoms with Crippen molar-refractivity contribution < 1.29 is 32.3 Å². The molecule has 0 unspecified atom stereocenters. The van der Waals surface area contributed by atoms with Crippen LogP contribution in [0.15, 0.2) is 71.6 Å². The first-order valence-corrected chi connectivity index (χ1v) is 11.2. The van der Waals surface area contributed by atoms with Crippen molar-refractivity contribution >= 4 is 27.4 Å². The number of anilines is 1. The lowest BCUT2D eigenvalue weighted by Gasteiger charge is -2.19. The smallest absolute Gasteiger partial charge is 0.338 e. The summed E-state index contributed by atoms with van der Waals surface area (Å²) in [6, 6.07) is 15.7. The number of esters is 1. The molecule has 11 heteroatoms. The number of carbonyl (C=O) groups excluding carboxylic acids is 1. The van der Waals surface area contributed by atoms with Crippen molar-refractivity contribution in [1.29, 1.82) is 0 Å². The Labute approximate surface area is 188 Å². The van der Waals surface area contributed by atoms with Gasteiger partial charge < -0.3 is 14.2 Å². The highest BCUT2D eigenvalue weighted by atomic mass is 32.2. The molecule has 0 saturated heterocycles. The molecule has 0 saturated carbocycles. The number of fused-ring (bicyclic) bond motifs is 1. The van der Waals surface area contributed by atoms with E-state index in [9.17, 15) is 23.3 Å². The van der Waals surface area contributed by atoms with E-state index in [1.54, 1.807) is 0 Å². The first-order chi connectivity index (χ1) is 15.8. The van der Waals surface area contributed by atoms with Gasteiger partial charge >= 0.3 is 5.97 Å². The molecule has 0 aliphatic carbocycles. The fourth-order valence-corrected chi connectivity index (χ4v) is 4.10. The molecule has 3 aromatic carbocycles. The van der Waals surface area contributed by atoms with Crippen LogP contribution < -0.4 is 14.2 Å². The molecule has 0 radical (unpaired) electrons. The predicted octanol–water partition coefficient (Wildman–Crippen LogP) is 3.52. The number of hydrogen-bond donors (Lipinski definition) is 1. The first-order valence-electron chi connectivity index (χ1n) is 9.75. The molecule has 0 aromatic heterocycles. The maximum atomic E-state index is 12.7. The number of nitro groups is 1. The number of rotatable bonds is 7. The van der Waals surface area contributed by atoms with Crippen molar-refractivity contribution in [3.63, 3.8) is 0 Å². The lowest BCUT2D eigenvalue weighted by Crippen LogP contribution is -2.17. The van der Waals surface area contributed by atoms with Gasteiger partial charge in [-0.2, -0.15) is 0 Å². The minimum atomic E-state index is -3.89. The second-order valence-electron chi connectivity index (χ2n) is 6.99. The zero-order valence-corrected chi connectivity index (χ0v) is 17.9. The Hall–Kier alpha value is -4.12. The van der Waals surface area contributed by atoms with E-state index < -0.39 is 20.9 Å². The van der Waals surface area contributed by atoms with Crippen molar-refractivity contribution in [2.75, 3.05) is 17.9 Å². The summed E-state index contributed by atoms with van der Waals surface area (Å²) >= 11 is 0. The van der Waals surface area contributed by atoms with Crippen molar-refractivity contribution in [3.8, 4) is 11.5 Å². The van der Waals surface area contributed by atoms with Crippen molar-refractivity contribution in [2.45, 2.75) is 11.5 Å². The molecule has 10 nitrogen and oxygen atoms in total. The van der Waals surface area contributed by atoms with Gasteiger partial charge in [0.25, 0.3) is 15.7 Å². The SMILES string of the molecule is O=C(OCc1ccc([N+](=O)[O-])cc1)c1ccc(NS(=O)(=O)c2ccc3c(c2)OCCO3)cc1. The van der Waals surface area contributed by atoms with Crippen LogP contribution in [0.2, 0.25) is 0 Å². The fourth-order valence-electron chi connectivity index (χ4n) is 3.03. The predicted molar refractivity (Wildman–Crippen MR) is 117 cm³/mol. The van der Waals surface area contributed by atoms with Crippen LogP contribution in [0.1, 0.15) is 15.9 Å². The van der Waals surface area contributed by atoms with E-state index in [2.05, 4.69) is 4.72 Å². The van der Waals surface area contributed by atoms with E-state index in [1.165, 1.54) is 66.7 Å². The van der Waals surface area contributed by atoms with E-state index in [1.807, 2.05) is 0 Å². The average molecular weight is 470 g/mol. The van der Waals surface area contributed by atoms with Gasteiger partial charge in [0.05, 0.1) is 15.4 Å². The summed E-state index contributed by atoms with van der Waals surface area (Å²) < 4.78 is 43.9. The largest absolute Gasteiger partial charge is 0.486 e. The molecule has 170 valence electrons. The van der Waals surface area contributed by atoms with Gasteiger partial charge in [0, 0.05) is 23.9 Å². The molecule has 0 fully saturated rings. The molecule has 3 aromatic rings. The lowest BCUT2D eigenvalue weighted by atomic mass is 10.2. The highest BCUT2D eigenvalue weighted by Crippen LogP contribution is 2.32. The zero-order chi connectivity index (χ0) is 23.4. The van der Waals surface area contributed by atoms with Crippen LogP contribution in [0, 0.1) is 10.1 Å². The van der Waals surface area contributed by atoms with E-state index in [4.69, 9.17) is 14.2 Å². The Morgan fingerprint density at radius 2 is 1.64 bits per heavy atom. The number of nitrogens with zero attached hydrogens (tertiary/aromatic N) is 1. The lowest BCUT2D eigenvalue weighted by molar-refractivity contribution is -0.384. The van der Waals surface area contributed by atoms with E-state index in [0.29, 0.717) is 30.3 Å². The van der Waals surface area contributed by atoms with Crippen LogP contribution in [0.4, 0.5) is 11.4 Å². The highest BCUT2D eigenvalue weighted by Gasteiger charge is 2.20. The number of sulfonamides is 1. The number of nitro benzene ring substituents is 1. The summed E-state index contributed by atoms with van der Waals surface area (Å²) in [4.78, 5) is 22.4. The summed E-state index contributed by atoms with van der Waals surface area (Å²) in [6.45, 7) is 0.682. The zero-order valence-electron chi connectivity index (χ0n) is 17.1. The van der Waals surface area contributed by atoms with Crippen molar-refractivity contribution in [1.82, 2.24) is 0 Å². The molecule has 4 rings (SSSR count). The van der Waals surface area contributed by atoms with Gasteiger partial charge in [-0.15, -0.1) is 0 Å². The number of benzene rings is 3. The summed E-state index contributed by atoms with van der Waals surface area (Å²) in [5.74, 6) is 0.224.